The number of carbonyl (C=O) groups excluding carboxylic acids is 1. The molecule has 0 saturated heterocycles. The molecule has 0 aliphatic carbocycles. The van der Waals surface area contributed by atoms with Crippen LogP contribution in [0.15, 0.2) is 54.6 Å². The van der Waals surface area contributed by atoms with Gasteiger partial charge in [0.1, 0.15) is 5.75 Å². The summed E-state index contributed by atoms with van der Waals surface area (Å²) in [5, 5.41) is 9.72. The second-order valence-corrected chi connectivity index (χ2v) is 7.61. The molecular weight excluding hydrogens is 446 g/mol. The Labute approximate surface area is 205 Å². The average Bonchev–Trinajstić information content (AvgIpc) is 2.88. The lowest BCUT2D eigenvalue weighted by atomic mass is 10.0. The van der Waals surface area contributed by atoms with E-state index in [9.17, 15) is 10.1 Å². The van der Waals surface area contributed by atoms with Crippen molar-refractivity contribution in [1.82, 2.24) is 0 Å². The van der Waals surface area contributed by atoms with Gasteiger partial charge >= 0.3 is 5.97 Å². The Hall–Kier alpha value is -4.44. The summed E-state index contributed by atoms with van der Waals surface area (Å²) in [6.07, 6.45) is 1.71. The molecule has 0 N–H and O–H groups in total. The highest BCUT2D eigenvalue weighted by Crippen LogP contribution is 2.33. The molecule has 7 heteroatoms. The zero-order chi connectivity index (χ0) is 25.4. The number of ether oxygens (including phenoxy) is 5. The van der Waals surface area contributed by atoms with Gasteiger partial charge in [0.2, 0.25) is 0 Å². The van der Waals surface area contributed by atoms with Crippen LogP contribution in [0.5, 0.6) is 28.7 Å². The minimum absolute atomic E-state index is 0.243. The molecule has 0 aliphatic rings. The fourth-order valence-corrected chi connectivity index (χ4v) is 3.38. The normalized spacial score (nSPS) is 10.8. The van der Waals surface area contributed by atoms with Gasteiger partial charge in [0.15, 0.2) is 29.6 Å². The van der Waals surface area contributed by atoms with Gasteiger partial charge in [-0.1, -0.05) is 18.2 Å². The molecule has 0 fully saturated rings. The molecule has 0 unspecified atom stereocenters. The van der Waals surface area contributed by atoms with Gasteiger partial charge in [-0.2, -0.15) is 5.26 Å². The monoisotopic (exact) mass is 473 g/mol. The van der Waals surface area contributed by atoms with Crippen LogP contribution >= 0.6 is 0 Å². The van der Waals surface area contributed by atoms with Crippen molar-refractivity contribution in [2.45, 2.75) is 13.8 Å². The summed E-state index contributed by atoms with van der Waals surface area (Å²) in [7, 11) is 4.57. The highest BCUT2D eigenvalue weighted by molar-refractivity contribution is 5.90. The molecule has 0 bridgehead atoms. The van der Waals surface area contributed by atoms with Crippen LogP contribution in [0.2, 0.25) is 0 Å². The fourth-order valence-electron chi connectivity index (χ4n) is 3.38. The lowest BCUT2D eigenvalue weighted by Crippen LogP contribution is -2.18. The van der Waals surface area contributed by atoms with Crippen LogP contribution in [0.1, 0.15) is 22.3 Å². The van der Waals surface area contributed by atoms with E-state index in [1.165, 1.54) is 14.2 Å². The number of nitrogens with zero attached hydrogens (tertiary/aromatic N) is 1. The Bertz CT molecular complexity index is 1290. The summed E-state index contributed by atoms with van der Waals surface area (Å²) >= 11 is 0. The van der Waals surface area contributed by atoms with Crippen molar-refractivity contribution in [2.75, 3.05) is 27.9 Å². The van der Waals surface area contributed by atoms with Crippen LogP contribution in [0.25, 0.3) is 11.6 Å². The molecule has 0 radical (unpaired) electrons. The van der Waals surface area contributed by atoms with Crippen molar-refractivity contribution in [3.63, 3.8) is 0 Å². The molecular formula is C28H27NO6. The minimum Gasteiger partial charge on any atom is -0.493 e. The molecule has 3 aromatic carbocycles. The number of hydrogen-bond donors (Lipinski definition) is 0. The van der Waals surface area contributed by atoms with Gasteiger partial charge in [-0.05, 0) is 78.6 Å². The van der Waals surface area contributed by atoms with E-state index in [1.807, 2.05) is 32.0 Å². The Balaban J connectivity index is 1.77. The second-order valence-electron chi connectivity index (χ2n) is 7.61. The minimum atomic E-state index is -0.560. The molecule has 0 amide bonds. The van der Waals surface area contributed by atoms with Gasteiger partial charge in [0, 0.05) is 0 Å². The highest BCUT2D eigenvalue weighted by atomic mass is 16.6. The maximum absolute atomic E-state index is 12.4. The summed E-state index contributed by atoms with van der Waals surface area (Å²) < 4.78 is 27.1. The molecule has 7 nitrogen and oxygen atoms in total. The molecule has 0 atom stereocenters. The van der Waals surface area contributed by atoms with Crippen molar-refractivity contribution < 1.29 is 28.5 Å². The molecule has 3 rings (SSSR count). The highest BCUT2D eigenvalue weighted by Gasteiger charge is 2.14. The van der Waals surface area contributed by atoms with E-state index < -0.39 is 5.97 Å². The topological polar surface area (TPSA) is 87.0 Å². The van der Waals surface area contributed by atoms with Crippen LogP contribution in [0.4, 0.5) is 0 Å². The van der Waals surface area contributed by atoms with E-state index in [2.05, 4.69) is 6.07 Å². The number of allylic oxidation sites excluding steroid dienone is 1. The summed E-state index contributed by atoms with van der Waals surface area (Å²) in [4.78, 5) is 12.4. The van der Waals surface area contributed by atoms with E-state index >= 15 is 0 Å². The first-order valence-corrected chi connectivity index (χ1v) is 10.8. The summed E-state index contributed by atoms with van der Waals surface area (Å²) in [5.41, 5.74) is 3.82. The number of esters is 1. The number of rotatable bonds is 9. The standard InChI is InChI=1S/C28H27NO6/c1-18-7-6-8-23(19(18)2)34-17-28(30)35-25-11-9-20(14-26(25)32-4)13-22(16-29)21-10-12-24(31-3)27(15-21)33-5/h6-15H,17H2,1-5H3/b22-13-. The quantitative estimate of drug-likeness (QED) is 0.178. The number of carbonyl (C=O) groups is 1. The van der Waals surface area contributed by atoms with Gasteiger partial charge in [0.25, 0.3) is 0 Å². The van der Waals surface area contributed by atoms with E-state index in [1.54, 1.807) is 49.6 Å². The van der Waals surface area contributed by atoms with E-state index in [-0.39, 0.29) is 12.4 Å². The maximum atomic E-state index is 12.4. The largest absolute Gasteiger partial charge is 0.493 e. The van der Waals surface area contributed by atoms with Gasteiger partial charge < -0.3 is 23.7 Å². The number of methoxy groups -OCH3 is 3. The van der Waals surface area contributed by atoms with Crippen molar-refractivity contribution in [3.8, 4) is 34.8 Å². The SMILES string of the molecule is COc1ccc(/C(C#N)=C\c2ccc(OC(=O)COc3cccc(C)c3C)c(OC)c2)cc1OC. The van der Waals surface area contributed by atoms with Gasteiger partial charge in [-0.25, -0.2) is 4.79 Å². The van der Waals surface area contributed by atoms with Gasteiger partial charge in [0.05, 0.1) is 33.0 Å². The van der Waals surface area contributed by atoms with Crippen LogP contribution in [0.3, 0.4) is 0 Å². The second kappa shape index (κ2) is 11.6. The van der Waals surface area contributed by atoms with Crippen molar-refractivity contribution in [1.29, 1.82) is 5.26 Å². The van der Waals surface area contributed by atoms with Crippen molar-refractivity contribution in [3.05, 3.63) is 76.9 Å². The third kappa shape index (κ3) is 6.12. The van der Waals surface area contributed by atoms with Gasteiger partial charge in [-0.3, -0.25) is 0 Å². The van der Waals surface area contributed by atoms with Crippen LogP contribution in [-0.4, -0.2) is 33.9 Å². The lowest BCUT2D eigenvalue weighted by molar-refractivity contribution is -0.136. The van der Waals surface area contributed by atoms with Crippen LogP contribution < -0.4 is 23.7 Å². The molecule has 35 heavy (non-hydrogen) atoms. The fraction of sp³-hybridized carbons (Fsp3) is 0.214. The van der Waals surface area contributed by atoms with E-state index in [0.29, 0.717) is 39.7 Å². The first-order chi connectivity index (χ1) is 16.9. The molecule has 180 valence electrons. The number of nitriles is 1. The average molecular weight is 474 g/mol. The molecule has 0 aromatic heterocycles. The number of benzene rings is 3. The van der Waals surface area contributed by atoms with Crippen molar-refractivity contribution in [2.24, 2.45) is 0 Å². The summed E-state index contributed by atoms with van der Waals surface area (Å²) in [6.45, 7) is 3.67. The number of aryl methyl sites for hydroxylation is 1. The smallest absolute Gasteiger partial charge is 0.349 e. The molecule has 3 aromatic rings. The first kappa shape index (κ1) is 25.2. The molecule has 0 heterocycles. The zero-order valence-corrected chi connectivity index (χ0v) is 20.4. The third-order valence-electron chi connectivity index (χ3n) is 5.44. The third-order valence-corrected chi connectivity index (χ3v) is 5.44. The Kier molecular flexibility index (Phi) is 8.36. The van der Waals surface area contributed by atoms with Crippen LogP contribution in [0, 0.1) is 25.2 Å². The lowest BCUT2D eigenvalue weighted by Gasteiger charge is -2.12. The van der Waals surface area contributed by atoms with Crippen LogP contribution in [-0.2, 0) is 4.79 Å². The molecule has 0 spiro atoms. The molecule has 0 saturated carbocycles. The van der Waals surface area contributed by atoms with E-state index in [0.717, 1.165) is 11.1 Å². The summed E-state index contributed by atoms with van der Waals surface area (Å²) in [5.74, 6) is 1.77. The van der Waals surface area contributed by atoms with E-state index in [4.69, 9.17) is 23.7 Å². The zero-order valence-electron chi connectivity index (χ0n) is 20.4. The molecule has 0 aliphatic heterocycles. The maximum Gasteiger partial charge on any atom is 0.349 e. The number of hydrogen-bond acceptors (Lipinski definition) is 7. The van der Waals surface area contributed by atoms with Crippen molar-refractivity contribution >= 4 is 17.6 Å². The first-order valence-electron chi connectivity index (χ1n) is 10.8. The Morgan fingerprint density at radius 3 is 2.23 bits per heavy atom. The van der Waals surface area contributed by atoms with Gasteiger partial charge in [-0.15, -0.1) is 0 Å². The Morgan fingerprint density at radius 2 is 1.54 bits per heavy atom. The predicted molar refractivity (Wildman–Crippen MR) is 133 cm³/mol. The summed E-state index contributed by atoms with van der Waals surface area (Å²) in [6, 6.07) is 18.1. The Morgan fingerprint density at radius 1 is 0.857 bits per heavy atom. The predicted octanol–water partition coefficient (Wildman–Crippen LogP) is 5.38.